The molecule has 0 aliphatic carbocycles. The molecule has 1 aliphatic heterocycles. The quantitative estimate of drug-likeness (QED) is 0.133. The molecular weight excluding hydrogens is 516 g/mol. The van der Waals surface area contributed by atoms with Crippen LogP contribution >= 0.6 is 0 Å². The number of carbonyl (C=O) groups excluding carboxylic acids is 4. The predicted molar refractivity (Wildman–Crippen MR) is 140 cm³/mol. The van der Waals surface area contributed by atoms with Gasteiger partial charge in [-0.05, 0) is 31.0 Å². The molecule has 0 radical (unpaired) electrons. The minimum atomic E-state index is -1.76. The third-order valence-electron chi connectivity index (χ3n) is 6.54. The van der Waals surface area contributed by atoms with E-state index in [-0.39, 0.29) is 18.3 Å². The van der Waals surface area contributed by atoms with Crippen LogP contribution in [-0.2, 0) is 52.0 Å². The summed E-state index contributed by atoms with van der Waals surface area (Å²) in [6.07, 6.45) is -2.31. The highest BCUT2D eigenvalue weighted by Gasteiger charge is 2.52. The lowest BCUT2D eigenvalue weighted by atomic mass is 9.98. The molecule has 1 aliphatic rings. The predicted octanol–water partition coefficient (Wildman–Crippen LogP) is 3.67. The fourth-order valence-electron chi connectivity index (χ4n) is 3.62. The maximum absolute atomic E-state index is 11.9. The Morgan fingerprint density at radius 3 is 1.71 bits per heavy atom. The lowest BCUT2D eigenvalue weighted by Gasteiger charge is -2.44. The van der Waals surface area contributed by atoms with Crippen LogP contribution in [-0.4, -0.2) is 82.7 Å². The fourth-order valence-corrected chi connectivity index (χ4v) is 4.71. The minimum Gasteiger partial charge on any atom is -0.463 e. The maximum Gasteiger partial charge on any atom is 0.303 e. The van der Waals surface area contributed by atoms with E-state index in [2.05, 4.69) is 33.9 Å². The molecule has 0 amide bonds. The van der Waals surface area contributed by atoms with Crippen molar-refractivity contribution >= 4 is 32.2 Å². The van der Waals surface area contributed by atoms with Gasteiger partial charge >= 0.3 is 23.9 Å². The van der Waals surface area contributed by atoms with Gasteiger partial charge in [0.25, 0.3) is 0 Å². The molecule has 0 aromatic carbocycles. The zero-order valence-corrected chi connectivity index (χ0v) is 25.3. The van der Waals surface area contributed by atoms with Gasteiger partial charge in [-0.2, -0.15) is 0 Å². The summed E-state index contributed by atoms with van der Waals surface area (Å²) >= 11 is 0. The molecule has 12 heteroatoms. The van der Waals surface area contributed by atoms with E-state index in [1.54, 1.807) is 0 Å². The summed E-state index contributed by atoms with van der Waals surface area (Å²) in [6.45, 7) is 16.6. The van der Waals surface area contributed by atoms with Crippen LogP contribution in [0.2, 0.25) is 18.1 Å². The Morgan fingerprint density at radius 1 is 0.711 bits per heavy atom. The Morgan fingerprint density at radius 2 is 1.21 bits per heavy atom. The molecule has 5 atom stereocenters. The number of esters is 4. The SMILES string of the molecule is CC(=O)OC[C@H]1O[C@@H](OCCCCCCO[Si](C)(C)C(C)(C)C)[C@H](OC(C)=O)[C@@H](OC(C)=O)[C@H]1OC(C)=O. The van der Waals surface area contributed by atoms with Crippen molar-refractivity contribution < 1.29 is 52.0 Å². The molecule has 0 aromatic rings. The molecule has 1 saturated heterocycles. The van der Waals surface area contributed by atoms with Crippen molar-refractivity contribution in [2.75, 3.05) is 19.8 Å². The molecule has 1 fully saturated rings. The summed E-state index contributed by atoms with van der Waals surface area (Å²) in [5, 5.41) is 0.172. The summed E-state index contributed by atoms with van der Waals surface area (Å²) in [5.41, 5.74) is 0. The Hall–Kier alpha value is -2.02. The van der Waals surface area contributed by atoms with E-state index in [0.717, 1.165) is 25.9 Å². The van der Waals surface area contributed by atoms with Crippen LogP contribution in [0.1, 0.15) is 74.1 Å². The first-order valence-electron chi connectivity index (χ1n) is 13.1. The largest absolute Gasteiger partial charge is 0.463 e. The van der Waals surface area contributed by atoms with Gasteiger partial charge in [-0.3, -0.25) is 19.2 Å². The van der Waals surface area contributed by atoms with Crippen LogP contribution in [0.4, 0.5) is 0 Å². The van der Waals surface area contributed by atoms with Gasteiger partial charge in [0.05, 0.1) is 0 Å². The zero-order valence-electron chi connectivity index (χ0n) is 24.3. The van der Waals surface area contributed by atoms with Gasteiger partial charge in [0.15, 0.2) is 32.9 Å². The molecule has 1 rings (SSSR count). The first kappa shape index (κ1) is 34.0. The Kier molecular flexibility index (Phi) is 13.9. The molecule has 0 saturated carbocycles. The highest BCUT2D eigenvalue weighted by Crippen LogP contribution is 2.36. The van der Waals surface area contributed by atoms with Crippen molar-refractivity contribution in [1.29, 1.82) is 0 Å². The molecular formula is C26H46O11Si. The molecule has 0 unspecified atom stereocenters. The second kappa shape index (κ2) is 15.5. The van der Waals surface area contributed by atoms with Gasteiger partial charge in [-0.15, -0.1) is 0 Å². The summed E-state index contributed by atoms with van der Waals surface area (Å²) in [4.78, 5) is 46.9. The number of rotatable bonds is 14. The van der Waals surface area contributed by atoms with Gasteiger partial charge in [0, 0.05) is 40.9 Å². The summed E-state index contributed by atoms with van der Waals surface area (Å²) in [7, 11) is -1.76. The van der Waals surface area contributed by atoms with Crippen molar-refractivity contribution in [3.63, 3.8) is 0 Å². The molecule has 38 heavy (non-hydrogen) atoms. The Bertz CT molecular complexity index is 793. The lowest BCUT2D eigenvalue weighted by molar-refractivity contribution is -0.308. The topological polar surface area (TPSA) is 133 Å². The van der Waals surface area contributed by atoms with Crippen molar-refractivity contribution in [2.24, 2.45) is 0 Å². The number of carbonyl (C=O) groups is 4. The van der Waals surface area contributed by atoms with E-state index >= 15 is 0 Å². The smallest absolute Gasteiger partial charge is 0.303 e. The lowest BCUT2D eigenvalue weighted by Crippen LogP contribution is -2.63. The average Bonchev–Trinajstić information content (AvgIpc) is 2.76. The van der Waals surface area contributed by atoms with Crippen molar-refractivity contribution in [3.8, 4) is 0 Å². The highest BCUT2D eigenvalue weighted by atomic mass is 28.4. The van der Waals surface area contributed by atoms with Crippen molar-refractivity contribution in [2.45, 2.75) is 123 Å². The molecule has 0 aromatic heterocycles. The van der Waals surface area contributed by atoms with Crippen LogP contribution in [0.15, 0.2) is 0 Å². The van der Waals surface area contributed by atoms with Crippen molar-refractivity contribution in [3.05, 3.63) is 0 Å². The van der Waals surface area contributed by atoms with Crippen LogP contribution in [0.3, 0.4) is 0 Å². The fraction of sp³-hybridized carbons (Fsp3) is 0.846. The third kappa shape index (κ3) is 11.8. The molecule has 0 bridgehead atoms. The van der Waals surface area contributed by atoms with Crippen molar-refractivity contribution in [1.82, 2.24) is 0 Å². The second-order valence-corrected chi connectivity index (χ2v) is 15.8. The van der Waals surface area contributed by atoms with Gasteiger partial charge in [-0.25, -0.2) is 0 Å². The molecule has 0 N–H and O–H groups in total. The van der Waals surface area contributed by atoms with Crippen LogP contribution < -0.4 is 0 Å². The van der Waals surface area contributed by atoms with E-state index in [1.807, 2.05) is 0 Å². The number of hydrogen-bond donors (Lipinski definition) is 0. The number of hydrogen-bond acceptors (Lipinski definition) is 11. The first-order valence-corrected chi connectivity index (χ1v) is 16.0. The number of unbranched alkanes of at least 4 members (excludes halogenated alkanes) is 3. The average molecular weight is 563 g/mol. The third-order valence-corrected chi connectivity index (χ3v) is 11.1. The van der Waals surface area contributed by atoms with Crippen LogP contribution in [0, 0.1) is 0 Å². The van der Waals surface area contributed by atoms with Gasteiger partial charge in [0.2, 0.25) is 0 Å². The zero-order chi connectivity index (χ0) is 29.1. The summed E-state index contributed by atoms with van der Waals surface area (Å²) in [5.74, 6) is -2.60. The maximum atomic E-state index is 11.9. The molecule has 0 spiro atoms. The minimum absolute atomic E-state index is 0.172. The van der Waals surface area contributed by atoms with E-state index in [4.69, 9.17) is 32.8 Å². The second-order valence-electron chi connectivity index (χ2n) is 11.0. The summed E-state index contributed by atoms with van der Waals surface area (Å²) in [6, 6.07) is 0. The number of ether oxygens (including phenoxy) is 6. The Labute approximate surface area is 227 Å². The van der Waals surface area contributed by atoms with E-state index < -0.39 is 62.9 Å². The molecule has 220 valence electrons. The van der Waals surface area contributed by atoms with Gasteiger partial charge in [0.1, 0.15) is 12.7 Å². The van der Waals surface area contributed by atoms with E-state index in [0.29, 0.717) is 6.42 Å². The van der Waals surface area contributed by atoms with Crippen LogP contribution in [0.25, 0.3) is 0 Å². The first-order chi connectivity index (χ1) is 17.5. The summed E-state index contributed by atoms with van der Waals surface area (Å²) < 4.78 is 39.3. The van der Waals surface area contributed by atoms with E-state index in [9.17, 15) is 19.2 Å². The van der Waals surface area contributed by atoms with E-state index in [1.165, 1.54) is 27.7 Å². The van der Waals surface area contributed by atoms with Gasteiger partial charge in [-0.1, -0.05) is 33.6 Å². The molecule has 1 heterocycles. The highest BCUT2D eigenvalue weighted by molar-refractivity contribution is 6.74. The monoisotopic (exact) mass is 562 g/mol. The van der Waals surface area contributed by atoms with Gasteiger partial charge < -0.3 is 32.8 Å². The Balaban J connectivity index is 2.82. The standard InChI is InChI=1S/C26H46O11Si/c1-17(27)32-16-21-22(34-18(2)28)23(35-19(3)29)24(36-20(4)30)25(37-21)31-14-12-10-11-13-15-33-38(8,9)26(5,6)7/h21-25H,10-16H2,1-9H3/t21-,22+,23+,24-,25-/m1/s1. The molecule has 11 nitrogen and oxygen atoms in total. The van der Waals surface area contributed by atoms with Crippen LogP contribution in [0.5, 0.6) is 0 Å². The normalized spacial score (nSPS) is 23.9.